The molecule has 1 aromatic rings. The van der Waals surface area contributed by atoms with Crippen LogP contribution in [0.4, 0.5) is 0 Å². The third kappa shape index (κ3) is 2.65. The summed E-state index contributed by atoms with van der Waals surface area (Å²) in [6, 6.07) is 9.95. The van der Waals surface area contributed by atoms with Crippen molar-refractivity contribution >= 4 is 16.0 Å². The van der Waals surface area contributed by atoms with Gasteiger partial charge in [0.25, 0.3) is 0 Å². The van der Waals surface area contributed by atoms with Crippen LogP contribution in [-0.4, -0.2) is 0 Å². The summed E-state index contributed by atoms with van der Waals surface area (Å²) in [5.74, 6) is 0. The van der Waals surface area contributed by atoms with Crippen LogP contribution in [0.15, 0.2) is 36.5 Å². The lowest BCUT2D eigenvalue weighted by Crippen LogP contribution is -1.75. The minimum atomic E-state index is 0. The molecule has 0 aliphatic carbocycles. The lowest BCUT2D eigenvalue weighted by Gasteiger charge is -1.86. The number of hydrogen-bond donors (Lipinski definition) is 1. The topological polar surface area (TPSA) is 26.0 Å². The van der Waals surface area contributed by atoms with Gasteiger partial charge in [0, 0.05) is 0 Å². The average molecular weight is 153 g/mol. The molecule has 0 fully saturated rings. The normalized spacial score (nSPS) is 9.20. The molecule has 0 radical (unpaired) electrons. The van der Waals surface area contributed by atoms with Gasteiger partial charge in [-0.1, -0.05) is 30.3 Å². The summed E-state index contributed by atoms with van der Waals surface area (Å²) in [6.45, 7) is 0. The highest BCUT2D eigenvalue weighted by atomic mass is 31.0. The first-order valence-electron chi connectivity index (χ1n) is 2.87. The molecule has 2 heteroatoms. The third-order valence-electron chi connectivity index (χ3n) is 1.09. The maximum Gasteiger partial charge on any atom is -0.00564 e. The molecule has 1 aromatic carbocycles. The Bertz CT molecular complexity index is 194. The van der Waals surface area contributed by atoms with Gasteiger partial charge in [-0.15, -0.1) is 0 Å². The zero-order valence-electron chi connectivity index (χ0n) is 5.83. The Labute approximate surface area is 64.6 Å². The molecule has 0 saturated heterocycles. The first kappa shape index (κ1) is 9.19. The van der Waals surface area contributed by atoms with Gasteiger partial charge >= 0.3 is 0 Å². The van der Waals surface area contributed by atoms with Crippen molar-refractivity contribution in [3.05, 3.63) is 42.1 Å². The molecule has 0 aliphatic heterocycles. The van der Waals surface area contributed by atoms with E-state index in [-0.39, 0.29) is 9.90 Å². The summed E-state index contributed by atoms with van der Waals surface area (Å²) in [7, 11) is 0. The summed E-state index contributed by atoms with van der Waals surface area (Å²) in [5.41, 5.74) is 6.32. The molecule has 1 nitrogen and oxygen atoms in total. The van der Waals surface area contributed by atoms with Gasteiger partial charge in [0.2, 0.25) is 0 Å². The van der Waals surface area contributed by atoms with Gasteiger partial charge in [0.1, 0.15) is 0 Å². The van der Waals surface area contributed by atoms with E-state index in [1.54, 1.807) is 0 Å². The number of nitrogens with two attached hydrogens (primary N) is 1. The van der Waals surface area contributed by atoms with E-state index in [2.05, 4.69) is 0 Å². The van der Waals surface area contributed by atoms with E-state index in [1.165, 1.54) is 6.20 Å². The van der Waals surface area contributed by atoms with Crippen molar-refractivity contribution in [3.63, 3.8) is 0 Å². The maximum absolute atomic E-state index is 5.18. The van der Waals surface area contributed by atoms with Crippen molar-refractivity contribution in [1.82, 2.24) is 0 Å². The third-order valence-corrected chi connectivity index (χ3v) is 1.09. The van der Waals surface area contributed by atoms with Crippen molar-refractivity contribution < 1.29 is 0 Å². The second-order valence-corrected chi connectivity index (χ2v) is 1.77. The predicted octanol–water partition coefficient (Wildman–Crippen LogP) is 1.67. The van der Waals surface area contributed by atoms with Gasteiger partial charge in [-0.25, -0.2) is 0 Å². The molecule has 2 N–H and O–H groups in total. The zero-order valence-corrected chi connectivity index (χ0v) is 7.24. The standard InChI is InChI=1S/C8H9N.H3P/c9-7-6-8-4-2-1-3-5-8;/h1-7H,9H2;1H3. The molecule has 1 unspecified atom stereocenters. The van der Waals surface area contributed by atoms with Crippen molar-refractivity contribution in [2.75, 3.05) is 0 Å². The van der Waals surface area contributed by atoms with Gasteiger partial charge in [-0.3, -0.25) is 0 Å². The van der Waals surface area contributed by atoms with E-state index < -0.39 is 0 Å². The summed E-state index contributed by atoms with van der Waals surface area (Å²) in [4.78, 5) is 0. The second kappa shape index (κ2) is 5.01. The van der Waals surface area contributed by atoms with Crippen LogP contribution in [0.5, 0.6) is 0 Å². The second-order valence-electron chi connectivity index (χ2n) is 1.77. The first-order valence-corrected chi connectivity index (χ1v) is 2.87. The minimum absolute atomic E-state index is 0. The van der Waals surface area contributed by atoms with Crippen LogP contribution < -0.4 is 5.73 Å². The quantitative estimate of drug-likeness (QED) is 0.610. The predicted molar refractivity (Wildman–Crippen MR) is 50.8 cm³/mol. The van der Waals surface area contributed by atoms with Crippen LogP contribution in [0.3, 0.4) is 0 Å². The van der Waals surface area contributed by atoms with Gasteiger partial charge in [-0.05, 0) is 17.8 Å². The fourth-order valence-electron chi connectivity index (χ4n) is 0.675. The van der Waals surface area contributed by atoms with E-state index >= 15 is 0 Å². The molecule has 0 amide bonds. The molecular formula is C8H12NP. The molecule has 0 heterocycles. The van der Waals surface area contributed by atoms with Gasteiger partial charge in [0.05, 0.1) is 0 Å². The largest absolute Gasteiger partial charge is 0.405 e. The molecule has 0 aromatic heterocycles. The fourth-order valence-corrected chi connectivity index (χ4v) is 0.675. The van der Waals surface area contributed by atoms with E-state index in [0.29, 0.717) is 0 Å². The van der Waals surface area contributed by atoms with Crippen LogP contribution >= 0.6 is 9.90 Å². The summed E-state index contributed by atoms with van der Waals surface area (Å²) in [6.07, 6.45) is 3.40. The Morgan fingerprint density at radius 1 is 1.10 bits per heavy atom. The molecule has 1 atom stereocenters. The van der Waals surface area contributed by atoms with E-state index in [4.69, 9.17) is 5.73 Å². The molecule has 10 heavy (non-hydrogen) atoms. The monoisotopic (exact) mass is 153 g/mol. The highest BCUT2D eigenvalue weighted by Gasteiger charge is 1.77. The highest BCUT2D eigenvalue weighted by molar-refractivity contribution is 6.92. The Kier molecular flexibility index (Phi) is 4.61. The molecular weight excluding hydrogens is 141 g/mol. The lowest BCUT2D eigenvalue weighted by molar-refractivity contribution is 1.60. The van der Waals surface area contributed by atoms with Crippen LogP contribution in [0, 0.1) is 0 Å². The smallest absolute Gasteiger partial charge is 0.00564 e. The Morgan fingerprint density at radius 2 is 1.70 bits per heavy atom. The summed E-state index contributed by atoms with van der Waals surface area (Å²) < 4.78 is 0. The lowest BCUT2D eigenvalue weighted by atomic mass is 10.2. The zero-order chi connectivity index (χ0) is 6.53. The molecule has 0 saturated carbocycles. The van der Waals surface area contributed by atoms with Crippen LogP contribution in [-0.2, 0) is 0 Å². The van der Waals surface area contributed by atoms with Crippen molar-refractivity contribution in [1.29, 1.82) is 0 Å². The molecule has 54 valence electrons. The Balaban J connectivity index is 0.000000810. The molecule has 0 bridgehead atoms. The summed E-state index contributed by atoms with van der Waals surface area (Å²) in [5, 5.41) is 0. The van der Waals surface area contributed by atoms with E-state index in [1.807, 2.05) is 36.4 Å². The number of rotatable bonds is 1. The minimum Gasteiger partial charge on any atom is -0.405 e. The van der Waals surface area contributed by atoms with Crippen LogP contribution in [0.25, 0.3) is 6.08 Å². The Hall–Kier alpha value is -0.810. The van der Waals surface area contributed by atoms with Crippen molar-refractivity contribution in [3.8, 4) is 0 Å². The van der Waals surface area contributed by atoms with Gasteiger partial charge < -0.3 is 5.73 Å². The van der Waals surface area contributed by atoms with Crippen LogP contribution in [0.2, 0.25) is 0 Å². The average Bonchev–Trinajstić information content (AvgIpc) is 1.91. The maximum atomic E-state index is 5.18. The van der Waals surface area contributed by atoms with Crippen LogP contribution in [0.1, 0.15) is 5.56 Å². The van der Waals surface area contributed by atoms with Crippen molar-refractivity contribution in [2.45, 2.75) is 0 Å². The molecule has 1 rings (SSSR count). The Morgan fingerprint density at radius 3 is 2.20 bits per heavy atom. The summed E-state index contributed by atoms with van der Waals surface area (Å²) >= 11 is 0. The first-order chi connectivity index (χ1) is 4.43. The molecule has 0 spiro atoms. The van der Waals surface area contributed by atoms with Gasteiger partial charge in [-0.2, -0.15) is 9.90 Å². The van der Waals surface area contributed by atoms with E-state index in [0.717, 1.165) is 5.56 Å². The molecule has 0 aliphatic rings. The highest BCUT2D eigenvalue weighted by Crippen LogP contribution is 1.98. The van der Waals surface area contributed by atoms with Crippen molar-refractivity contribution in [2.24, 2.45) is 5.73 Å². The number of benzene rings is 1. The van der Waals surface area contributed by atoms with E-state index in [9.17, 15) is 0 Å². The van der Waals surface area contributed by atoms with Gasteiger partial charge in [0.15, 0.2) is 0 Å². The fraction of sp³-hybridized carbons (Fsp3) is 0. The number of hydrogen-bond acceptors (Lipinski definition) is 1. The SMILES string of the molecule is NC=Cc1ccccc1.P.